The number of halogens is 1. The standard InChI is InChI=1S/C18H17ClN2O/c1-11-8-12(2)20-15(11)9-17-18(22-3)10-16(21-17)13-4-6-14(19)7-5-13/h4-10,20H,1-3H3/b17-9+. The Morgan fingerprint density at radius 2 is 1.91 bits per heavy atom. The summed E-state index contributed by atoms with van der Waals surface area (Å²) in [5.41, 5.74) is 6.08. The zero-order chi connectivity index (χ0) is 15.7. The van der Waals surface area contributed by atoms with Crippen molar-refractivity contribution in [3.8, 4) is 0 Å². The number of rotatable bonds is 3. The summed E-state index contributed by atoms with van der Waals surface area (Å²) in [7, 11) is 1.66. The average Bonchev–Trinajstić information content (AvgIpc) is 3.03. The van der Waals surface area contributed by atoms with Crippen LogP contribution in [0.3, 0.4) is 0 Å². The number of H-pyrrole nitrogens is 1. The van der Waals surface area contributed by atoms with Crippen LogP contribution < -0.4 is 0 Å². The molecule has 2 heterocycles. The van der Waals surface area contributed by atoms with E-state index in [4.69, 9.17) is 16.3 Å². The largest absolute Gasteiger partial charge is 0.494 e. The van der Waals surface area contributed by atoms with Gasteiger partial charge in [0.2, 0.25) is 0 Å². The molecule has 0 amide bonds. The summed E-state index contributed by atoms with van der Waals surface area (Å²) in [5, 5.41) is 0.714. The molecule has 0 unspecified atom stereocenters. The molecule has 0 bridgehead atoms. The summed E-state index contributed by atoms with van der Waals surface area (Å²) < 4.78 is 5.46. The van der Waals surface area contributed by atoms with Crippen LogP contribution >= 0.6 is 11.6 Å². The van der Waals surface area contributed by atoms with Crippen molar-refractivity contribution in [3.63, 3.8) is 0 Å². The van der Waals surface area contributed by atoms with Crippen LogP contribution in [-0.2, 0) is 4.74 Å². The Hall–Kier alpha value is -2.26. The zero-order valence-corrected chi connectivity index (χ0v) is 13.5. The molecule has 22 heavy (non-hydrogen) atoms. The van der Waals surface area contributed by atoms with Crippen molar-refractivity contribution in [3.05, 3.63) is 75.4 Å². The van der Waals surface area contributed by atoms with E-state index < -0.39 is 0 Å². The number of aromatic nitrogens is 1. The molecule has 112 valence electrons. The van der Waals surface area contributed by atoms with E-state index in [1.807, 2.05) is 43.3 Å². The van der Waals surface area contributed by atoms with Gasteiger partial charge in [-0.15, -0.1) is 0 Å². The fraction of sp³-hybridized carbons (Fsp3) is 0.167. The highest BCUT2D eigenvalue weighted by molar-refractivity contribution is 6.30. The summed E-state index contributed by atoms with van der Waals surface area (Å²) in [5.74, 6) is 0.761. The van der Waals surface area contributed by atoms with E-state index in [1.165, 1.54) is 5.56 Å². The number of methoxy groups -OCH3 is 1. The highest BCUT2D eigenvalue weighted by Gasteiger charge is 2.17. The van der Waals surface area contributed by atoms with Gasteiger partial charge in [-0.2, -0.15) is 0 Å². The van der Waals surface area contributed by atoms with Crippen LogP contribution in [0.5, 0.6) is 0 Å². The number of ether oxygens (including phenoxy) is 1. The molecule has 0 atom stereocenters. The number of allylic oxidation sites excluding steroid dienone is 1. The molecule has 2 aromatic rings. The van der Waals surface area contributed by atoms with Crippen molar-refractivity contribution in [2.45, 2.75) is 13.8 Å². The number of benzene rings is 1. The van der Waals surface area contributed by atoms with Gasteiger partial charge in [-0.25, -0.2) is 4.99 Å². The van der Waals surface area contributed by atoms with Gasteiger partial charge in [0.25, 0.3) is 0 Å². The molecule has 0 saturated heterocycles. The van der Waals surface area contributed by atoms with E-state index in [2.05, 4.69) is 23.0 Å². The Labute approximate surface area is 135 Å². The number of aryl methyl sites for hydroxylation is 2. The molecular weight excluding hydrogens is 296 g/mol. The Morgan fingerprint density at radius 1 is 1.18 bits per heavy atom. The fourth-order valence-electron chi connectivity index (χ4n) is 2.49. The monoisotopic (exact) mass is 312 g/mol. The molecule has 3 rings (SSSR count). The van der Waals surface area contributed by atoms with Gasteiger partial charge in [-0.05, 0) is 43.7 Å². The molecule has 0 saturated carbocycles. The second-order valence-electron chi connectivity index (χ2n) is 5.30. The van der Waals surface area contributed by atoms with Crippen LogP contribution in [0.15, 0.2) is 52.9 Å². The summed E-state index contributed by atoms with van der Waals surface area (Å²) in [6.07, 6.45) is 3.96. The number of hydrogen-bond acceptors (Lipinski definition) is 2. The first-order chi connectivity index (χ1) is 10.6. The van der Waals surface area contributed by atoms with Gasteiger partial charge >= 0.3 is 0 Å². The molecule has 1 aliphatic heterocycles. The molecule has 1 aromatic carbocycles. The predicted octanol–water partition coefficient (Wildman–Crippen LogP) is 4.66. The van der Waals surface area contributed by atoms with Crippen molar-refractivity contribution in [2.75, 3.05) is 7.11 Å². The lowest BCUT2D eigenvalue weighted by atomic mass is 10.1. The number of aliphatic imine (C=N–C) groups is 1. The van der Waals surface area contributed by atoms with Gasteiger partial charge in [0.15, 0.2) is 0 Å². The van der Waals surface area contributed by atoms with Gasteiger partial charge in [-0.3, -0.25) is 0 Å². The van der Waals surface area contributed by atoms with E-state index in [9.17, 15) is 0 Å². The molecule has 0 spiro atoms. The van der Waals surface area contributed by atoms with Crippen LogP contribution in [0.2, 0.25) is 5.02 Å². The molecule has 1 aromatic heterocycles. The molecule has 1 N–H and O–H groups in total. The lowest BCUT2D eigenvalue weighted by Crippen LogP contribution is -1.92. The molecule has 1 aliphatic rings. The van der Waals surface area contributed by atoms with Gasteiger partial charge in [0.05, 0.1) is 12.8 Å². The number of hydrogen-bond donors (Lipinski definition) is 1. The molecule has 0 radical (unpaired) electrons. The van der Waals surface area contributed by atoms with E-state index in [1.54, 1.807) is 7.11 Å². The van der Waals surface area contributed by atoms with Crippen LogP contribution in [0, 0.1) is 13.8 Å². The van der Waals surface area contributed by atoms with Gasteiger partial charge in [0.1, 0.15) is 11.5 Å². The van der Waals surface area contributed by atoms with E-state index >= 15 is 0 Å². The molecule has 0 fully saturated rings. The second kappa shape index (κ2) is 5.85. The lowest BCUT2D eigenvalue weighted by Gasteiger charge is -2.01. The van der Waals surface area contributed by atoms with E-state index in [0.29, 0.717) is 5.02 Å². The summed E-state index contributed by atoms with van der Waals surface area (Å²) in [6.45, 7) is 4.12. The third-order valence-electron chi connectivity index (χ3n) is 3.59. The first kappa shape index (κ1) is 14.7. The third kappa shape index (κ3) is 2.85. The number of nitrogens with one attached hydrogen (secondary N) is 1. The fourth-order valence-corrected chi connectivity index (χ4v) is 2.61. The minimum atomic E-state index is 0.714. The van der Waals surface area contributed by atoms with Crippen molar-refractivity contribution in [2.24, 2.45) is 4.99 Å². The molecule has 0 aliphatic carbocycles. The molecule has 3 nitrogen and oxygen atoms in total. The Morgan fingerprint density at radius 3 is 2.50 bits per heavy atom. The van der Waals surface area contributed by atoms with Gasteiger partial charge in [-0.1, -0.05) is 23.7 Å². The SMILES string of the molecule is COC1=CC(c2ccc(Cl)cc2)=N/C1=C/c1[nH]c(C)cc1C. The Bertz CT molecular complexity index is 795. The van der Waals surface area contributed by atoms with E-state index in [0.717, 1.165) is 34.1 Å². The van der Waals surface area contributed by atoms with Gasteiger partial charge < -0.3 is 9.72 Å². The van der Waals surface area contributed by atoms with Crippen LogP contribution in [0.25, 0.3) is 6.08 Å². The first-order valence-corrected chi connectivity index (χ1v) is 7.43. The Kier molecular flexibility index (Phi) is 3.90. The predicted molar refractivity (Wildman–Crippen MR) is 91.3 cm³/mol. The normalized spacial score (nSPS) is 15.9. The maximum atomic E-state index is 5.93. The average molecular weight is 313 g/mol. The van der Waals surface area contributed by atoms with Crippen molar-refractivity contribution < 1.29 is 4.74 Å². The highest BCUT2D eigenvalue weighted by atomic mass is 35.5. The zero-order valence-electron chi connectivity index (χ0n) is 12.8. The van der Waals surface area contributed by atoms with Crippen LogP contribution in [0.4, 0.5) is 0 Å². The Balaban J connectivity index is 2.00. The van der Waals surface area contributed by atoms with Crippen LogP contribution in [-0.4, -0.2) is 17.8 Å². The van der Waals surface area contributed by atoms with Crippen LogP contribution in [0.1, 0.15) is 22.5 Å². The second-order valence-corrected chi connectivity index (χ2v) is 5.73. The summed E-state index contributed by atoms with van der Waals surface area (Å²) >= 11 is 5.93. The van der Waals surface area contributed by atoms with E-state index in [-0.39, 0.29) is 0 Å². The number of aromatic amines is 1. The first-order valence-electron chi connectivity index (χ1n) is 7.05. The maximum absolute atomic E-state index is 5.93. The minimum absolute atomic E-state index is 0.714. The summed E-state index contributed by atoms with van der Waals surface area (Å²) in [6, 6.07) is 9.75. The minimum Gasteiger partial charge on any atom is -0.494 e. The quantitative estimate of drug-likeness (QED) is 0.879. The topological polar surface area (TPSA) is 37.4 Å². The van der Waals surface area contributed by atoms with Crippen molar-refractivity contribution in [1.82, 2.24) is 4.98 Å². The smallest absolute Gasteiger partial charge is 0.146 e. The van der Waals surface area contributed by atoms with Crippen molar-refractivity contribution >= 4 is 23.4 Å². The van der Waals surface area contributed by atoms with Crippen molar-refractivity contribution in [1.29, 1.82) is 0 Å². The molecule has 4 heteroatoms. The lowest BCUT2D eigenvalue weighted by molar-refractivity contribution is 0.303. The maximum Gasteiger partial charge on any atom is 0.146 e. The highest BCUT2D eigenvalue weighted by Crippen LogP contribution is 2.26. The van der Waals surface area contributed by atoms with Gasteiger partial charge in [0, 0.05) is 28.0 Å². The molecular formula is C18H17ClN2O. The third-order valence-corrected chi connectivity index (χ3v) is 3.84. The summed E-state index contributed by atoms with van der Waals surface area (Å²) in [4.78, 5) is 8.02. The number of nitrogens with zero attached hydrogens (tertiary/aromatic N) is 1.